The van der Waals surface area contributed by atoms with Gasteiger partial charge >= 0.3 is 5.97 Å². The molecule has 0 aliphatic carbocycles. The van der Waals surface area contributed by atoms with Crippen molar-refractivity contribution in [3.63, 3.8) is 0 Å². The number of carboxylic acids is 1. The van der Waals surface area contributed by atoms with Gasteiger partial charge in [-0.3, -0.25) is 9.89 Å². The third kappa shape index (κ3) is 2.75. The molecule has 24 heavy (non-hydrogen) atoms. The maximum absolute atomic E-state index is 12.9. The molecule has 1 heterocycles. The Labute approximate surface area is 141 Å². The smallest absolute Gasteiger partial charge is 0.354 e. The summed E-state index contributed by atoms with van der Waals surface area (Å²) in [6, 6.07) is 13.3. The number of carboxylic acid groups (broad SMARTS) is 1. The van der Waals surface area contributed by atoms with Crippen LogP contribution in [-0.4, -0.2) is 27.1 Å². The van der Waals surface area contributed by atoms with Gasteiger partial charge in [0.15, 0.2) is 11.5 Å². The number of aromatic amines is 1. The lowest BCUT2D eigenvalue weighted by atomic mass is 9.96. The molecule has 7 heteroatoms. The van der Waals surface area contributed by atoms with Crippen LogP contribution in [0.5, 0.6) is 0 Å². The van der Waals surface area contributed by atoms with Gasteiger partial charge in [-0.1, -0.05) is 41.9 Å². The molecule has 0 saturated carbocycles. The van der Waals surface area contributed by atoms with E-state index in [0.29, 0.717) is 10.6 Å². The van der Waals surface area contributed by atoms with Gasteiger partial charge < -0.3 is 10.8 Å². The van der Waals surface area contributed by atoms with Crippen LogP contribution in [0.2, 0.25) is 5.02 Å². The number of halogens is 1. The SMILES string of the molecule is Nc1cc(Cl)ccc1C(=O)c1c(-c2ccccc2)n[nH]c1C(=O)O. The molecule has 120 valence electrons. The number of benzene rings is 2. The standard InChI is InChI=1S/C17H12ClN3O3/c18-10-6-7-11(12(19)8-10)16(22)13-14(9-4-2-1-3-5-9)20-21-15(13)17(23)24/h1-8H,19H2,(H,20,21)(H,23,24). The van der Waals surface area contributed by atoms with Crippen molar-refractivity contribution in [2.24, 2.45) is 0 Å². The summed E-state index contributed by atoms with van der Waals surface area (Å²) in [6.45, 7) is 0. The molecule has 0 aliphatic heterocycles. The normalized spacial score (nSPS) is 10.5. The number of hydrogen-bond acceptors (Lipinski definition) is 4. The molecule has 0 unspecified atom stereocenters. The molecule has 0 amide bonds. The van der Waals surface area contributed by atoms with Gasteiger partial charge in [0.25, 0.3) is 0 Å². The fraction of sp³-hybridized carbons (Fsp3) is 0. The van der Waals surface area contributed by atoms with Gasteiger partial charge in [0.1, 0.15) is 5.69 Å². The van der Waals surface area contributed by atoms with Crippen molar-refractivity contribution in [1.82, 2.24) is 10.2 Å². The van der Waals surface area contributed by atoms with Gasteiger partial charge in [-0.15, -0.1) is 0 Å². The molecule has 2 aromatic carbocycles. The first kappa shape index (κ1) is 15.8. The summed E-state index contributed by atoms with van der Waals surface area (Å²) in [5.41, 5.74) is 6.75. The Kier molecular flexibility index (Phi) is 4.05. The lowest BCUT2D eigenvalue weighted by Crippen LogP contribution is -2.11. The van der Waals surface area contributed by atoms with Crippen LogP contribution in [0.15, 0.2) is 48.5 Å². The van der Waals surface area contributed by atoms with Crippen LogP contribution >= 0.6 is 11.6 Å². The number of rotatable bonds is 4. The fourth-order valence-corrected chi connectivity index (χ4v) is 2.58. The number of anilines is 1. The van der Waals surface area contributed by atoms with Gasteiger partial charge in [0.2, 0.25) is 0 Å². The molecule has 6 nitrogen and oxygen atoms in total. The van der Waals surface area contributed by atoms with E-state index in [0.717, 1.165) is 0 Å². The summed E-state index contributed by atoms with van der Waals surface area (Å²) >= 11 is 5.85. The summed E-state index contributed by atoms with van der Waals surface area (Å²) in [7, 11) is 0. The second kappa shape index (κ2) is 6.17. The zero-order valence-electron chi connectivity index (χ0n) is 12.3. The van der Waals surface area contributed by atoms with Crippen molar-refractivity contribution in [2.45, 2.75) is 0 Å². The van der Waals surface area contributed by atoms with Crippen LogP contribution in [0.25, 0.3) is 11.3 Å². The van der Waals surface area contributed by atoms with E-state index in [4.69, 9.17) is 17.3 Å². The molecule has 0 saturated heterocycles. The minimum atomic E-state index is -1.28. The van der Waals surface area contributed by atoms with Gasteiger partial charge in [-0.25, -0.2) is 4.79 Å². The summed E-state index contributed by atoms with van der Waals surface area (Å²) in [4.78, 5) is 24.4. The second-order valence-electron chi connectivity index (χ2n) is 5.05. The first-order valence-corrected chi connectivity index (χ1v) is 7.33. The van der Waals surface area contributed by atoms with E-state index in [2.05, 4.69) is 10.2 Å². The minimum absolute atomic E-state index is 0.0391. The monoisotopic (exact) mass is 341 g/mol. The van der Waals surface area contributed by atoms with E-state index in [9.17, 15) is 14.7 Å². The summed E-state index contributed by atoms with van der Waals surface area (Å²) in [6.07, 6.45) is 0. The Hall–Kier alpha value is -3.12. The number of carbonyl (C=O) groups is 2. The zero-order valence-corrected chi connectivity index (χ0v) is 13.0. The van der Waals surface area contributed by atoms with E-state index in [1.165, 1.54) is 18.2 Å². The maximum atomic E-state index is 12.9. The average molecular weight is 342 g/mol. The number of aromatic carboxylic acids is 1. The zero-order chi connectivity index (χ0) is 17.3. The highest BCUT2D eigenvalue weighted by atomic mass is 35.5. The molecule has 0 aliphatic rings. The molecule has 3 aromatic rings. The van der Waals surface area contributed by atoms with Gasteiger partial charge in [0, 0.05) is 21.8 Å². The van der Waals surface area contributed by atoms with Crippen molar-refractivity contribution >= 4 is 29.0 Å². The van der Waals surface area contributed by atoms with Crippen molar-refractivity contribution in [1.29, 1.82) is 0 Å². The van der Waals surface area contributed by atoms with Gasteiger partial charge in [0.05, 0.1) is 5.56 Å². The third-order valence-corrected chi connectivity index (χ3v) is 3.75. The topological polar surface area (TPSA) is 109 Å². The van der Waals surface area contributed by atoms with E-state index < -0.39 is 11.8 Å². The number of nitrogens with two attached hydrogens (primary N) is 1. The average Bonchev–Trinajstić information content (AvgIpc) is 3.00. The number of nitrogen functional groups attached to an aromatic ring is 1. The van der Waals surface area contributed by atoms with Crippen molar-refractivity contribution < 1.29 is 14.7 Å². The molecular weight excluding hydrogens is 330 g/mol. The summed E-state index contributed by atoms with van der Waals surface area (Å²) in [5, 5.41) is 16.2. The van der Waals surface area contributed by atoms with Gasteiger partial charge in [-0.2, -0.15) is 5.10 Å². The largest absolute Gasteiger partial charge is 0.477 e. The van der Waals surface area contributed by atoms with Crippen LogP contribution in [0.3, 0.4) is 0 Å². The van der Waals surface area contributed by atoms with Crippen LogP contribution in [0.1, 0.15) is 26.4 Å². The molecule has 0 spiro atoms. The summed E-state index contributed by atoms with van der Waals surface area (Å²) < 4.78 is 0. The maximum Gasteiger partial charge on any atom is 0.354 e. The van der Waals surface area contributed by atoms with Crippen molar-refractivity contribution in [2.75, 3.05) is 5.73 Å². The van der Waals surface area contributed by atoms with Crippen LogP contribution in [-0.2, 0) is 0 Å². The molecule has 1 aromatic heterocycles. The van der Waals surface area contributed by atoms with Gasteiger partial charge in [-0.05, 0) is 18.2 Å². The number of H-pyrrole nitrogens is 1. The molecule has 4 N–H and O–H groups in total. The third-order valence-electron chi connectivity index (χ3n) is 3.51. The molecular formula is C17H12ClN3O3. The number of carbonyl (C=O) groups excluding carboxylic acids is 1. The molecule has 0 bridgehead atoms. The van der Waals surface area contributed by atoms with Crippen LogP contribution in [0.4, 0.5) is 5.69 Å². The van der Waals surface area contributed by atoms with Crippen molar-refractivity contribution in [3.8, 4) is 11.3 Å². The van der Waals surface area contributed by atoms with E-state index in [-0.39, 0.29) is 28.2 Å². The minimum Gasteiger partial charge on any atom is -0.477 e. The first-order chi connectivity index (χ1) is 11.5. The summed E-state index contributed by atoms with van der Waals surface area (Å²) in [5.74, 6) is -1.81. The van der Waals surface area contributed by atoms with Crippen molar-refractivity contribution in [3.05, 3.63) is 70.4 Å². The Morgan fingerprint density at radius 2 is 1.83 bits per heavy atom. The predicted molar refractivity (Wildman–Crippen MR) is 90.3 cm³/mol. The molecule has 3 rings (SSSR count). The van der Waals surface area contributed by atoms with E-state index in [1.54, 1.807) is 24.3 Å². The van der Waals surface area contributed by atoms with Crippen LogP contribution in [0, 0.1) is 0 Å². The number of ketones is 1. The Bertz CT molecular complexity index is 936. The number of nitrogens with zero attached hydrogens (tertiary/aromatic N) is 1. The molecule has 0 radical (unpaired) electrons. The highest BCUT2D eigenvalue weighted by molar-refractivity contribution is 6.31. The van der Waals surface area contributed by atoms with E-state index >= 15 is 0 Å². The highest BCUT2D eigenvalue weighted by Crippen LogP contribution is 2.29. The number of hydrogen-bond donors (Lipinski definition) is 3. The Morgan fingerprint density at radius 3 is 2.46 bits per heavy atom. The lowest BCUT2D eigenvalue weighted by molar-refractivity contribution is 0.0686. The molecule has 0 atom stereocenters. The number of aromatic nitrogens is 2. The van der Waals surface area contributed by atoms with Crippen LogP contribution < -0.4 is 5.73 Å². The molecule has 0 fully saturated rings. The Balaban J connectivity index is 2.20. The second-order valence-corrected chi connectivity index (χ2v) is 5.49. The van der Waals surface area contributed by atoms with E-state index in [1.807, 2.05) is 6.07 Å². The highest BCUT2D eigenvalue weighted by Gasteiger charge is 2.27. The first-order valence-electron chi connectivity index (χ1n) is 6.96. The number of nitrogens with one attached hydrogen (secondary N) is 1. The quantitative estimate of drug-likeness (QED) is 0.498. The predicted octanol–water partition coefficient (Wildman–Crippen LogP) is 3.24. The fourth-order valence-electron chi connectivity index (χ4n) is 2.40. The Morgan fingerprint density at radius 1 is 1.12 bits per heavy atom. The lowest BCUT2D eigenvalue weighted by Gasteiger charge is -2.07.